The van der Waals surface area contributed by atoms with Gasteiger partial charge in [0.15, 0.2) is 5.58 Å². The highest BCUT2D eigenvalue weighted by Gasteiger charge is 2.24. The van der Waals surface area contributed by atoms with Gasteiger partial charge in [-0.1, -0.05) is 39.2 Å². The molecule has 8 heteroatoms. The minimum atomic E-state index is -1.83. The molecule has 33 heavy (non-hydrogen) atoms. The smallest absolute Gasteiger partial charge is 0.492 e. The van der Waals surface area contributed by atoms with Crippen LogP contribution in [0.2, 0.25) is 0 Å². The van der Waals surface area contributed by atoms with Gasteiger partial charge >= 0.3 is 6.16 Å². The predicted molar refractivity (Wildman–Crippen MR) is 126 cm³/mol. The second-order valence-corrected chi connectivity index (χ2v) is 9.66. The summed E-state index contributed by atoms with van der Waals surface area (Å²) >= 11 is 0. The van der Waals surface area contributed by atoms with Gasteiger partial charge in [0.25, 0.3) is 5.88 Å². The van der Waals surface area contributed by atoms with Crippen LogP contribution in [0, 0.1) is 17.8 Å². The van der Waals surface area contributed by atoms with Gasteiger partial charge in [0.2, 0.25) is 0 Å². The molecule has 1 aromatic heterocycles. The standard InChI is InChI=1S/C24H36N2O3.CH2O3/c1-18(2)16-27-21-9-6-10-22-23(21)24(25-29-22)28-17-20-11-13-26(14-12-20)15-19-7-4-3-5-8-19;2-1(3)4/h6,9-10,18-20H,3-5,7-8,11-17H2,1-2H3;(H2,2,3,4). The molecule has 2 aromatic rings. The molecule has 8 nitrogen and oxygen atoms in total. The topological polar surface area (TPSA) is 105 Å². The van der Waals surface area contributed by atoms with Crippen LogP contribution in [-0.4, -0.2) is 59.3 Å². The first-order valence-corrected chi connectivity index (χ1v) is 12.2. The molecule has 0 bridgehead atoms. The maximum Gasteiger partial charge on any atom is 0.503 e. The lowest BCUT2D eigenvalue weighted by Gasteiger charge is -2.35. The van der Waals surface area contributed by atoms with E-state index in [1.54, 1.807) is 0 Å². The molecule has 4 rings (SSSR count). The van der Waals surface area contributed by atoms with Gasteiger partial charge in [0.05, 0.1) is 13.2 Å². The third-order valence-corrected chi connectivity index (χ3v) is 6.40. The van der Waals surface area contributed by atoms with Crippen molar-refractivity contribution in [3.63, 3.8) is 0 Å². The van der Waals surface area contributed by atoms with E-state index >= 15 is 0 Å². The highest BCUT2D eigenvalue weighted by atomic mass is 16.6. The lowest BCUT2D eigenvalue weighted by molar-refractivity contribution is 0.117. The van der Waals surface area contributed by atoms with Crippen molar-refractivity contribution in [1.82, 2.24) is 10.1 Å². The molecular weight excluding hydrogens is 424 g/mol. The average Bonchev–Trinajstić information content (AvgIpc) is 3.21. The summed E-state index contributed by atoms with van der Waals surface area (Å²) in [6.07, 6.45) is 7.76. The molecular formula is C25H38N2O6. The first-order valence-electron chi connectivity index (χ1n) is 12.2. The summed E-state index contributed by atoms with van der Waals surface area (Å²) in [7, 11) is 0. The fourth-order valence-electron chi connectivity index (χ4n) is 4.68. The summed E-state index contributed by atoms with van der Waals surface area (Å²) in [4.78, 5) is 11.2. The molecule has 2 N–H and O–H groups in total. The number of rotatable bonds is 8. The number of hydrogen-bond donors (Lipinski definition) is 2. The molecule has 1 saturated heterocycles. The van der Waals surface area contributed by atoms with Crippen molar-refractivity contribution < 1.29 is 29.0 Å². The van der Waals surface area contributed by atoms with E-state index in [9.17, 15) is 0 Å². The van der Waals surface area contributed by atoms with Crippen LogP contribution in [0.15, 0.2) is 22.7 Å². The van der Waals surface area contributed by atoms with Crippen LogP contribution in [-0.2, 0) is 0 Å². The predicted octanol–water partition coefficient (Wildman–Crippen LogP) is 5.76. The molecule has 184 valence electrons. The Kier molecular flexibility index (Phi) is 9.66. The Morgan fingerprint density at radius 3 is 2.45 bits per heavy atom. The van der Waals surface area contributed by atoms with E-state index < -0.39 is 6.16 Å². The number of hydrogen-bond acceptors (Lipinski definition) is 6. The van der Waals surface area contributed by atoms with Gasteiger partial charge < -0.3 is 29.1 Å². The molecule has 0 radical (unpaired) electrons. The SMILES string of the molecule is CC(C)COc1cccc2onc(OCC3CCN(CC4CCCCC4)CC3)c12.O=C(O)O. The highest BCUT2D eigenvalue weighted by Crippen LogP contribution is 2.34. The number of benzene rings is 1. The van der Waals surface area contributed by atoms with Crippen LogP contribution in [0.5, 0.6) is 11.6 Å². The molecule has 1 aliphatic heterocycles. The molecule has 0 amide bonds. The zero-order valence-corrected chi connectivity index (χ0v) is 19.9. The van der Waals surface area contributed by atoms with Gasteiger partial charge in [-0.25, -0.2) is 4.79 Å². The first kappa shape index (κ1) is 25.1. The minimum Gasteiger partial charge on any atom is -0.492 e. The number of carboxylic acid groups (broad SMARTS) is 2. The molecule has 2 fully saturated rings. The minimum absolute atomic E-state index is 0.466. The van der Waals surface area contributed by atoms with Gasteiger partial charge in [0.1, 0.15) is 11.1 Å². The van der Waals surface area contributed by atoms with Crippen molar-refractivity contribution in [2.45, 2.75) is 58.8 Å². The normalized spacial score (nSPS) is 18.2. The van der Waals surface area contributed by atoms with Crippen molar-refractivity contribution in [3.05, 3.63) is 18.2 Å². The lowest BCUT2D eigenvalue weighted by atomic mass is 9.88. The van der Waals surface area contributed by atoms with Crippen LogP contribution in [0.4, 0.5) is 4.79 Å². The second kappa shape index (κ2) is 12.7. The maximum absolute atomic E-state index is 8.56. The van der Waals surface area contributed by atoms with Gasteiger partial charge in [-0.2, -0.15) is 0 Å². The molecule has 0 unspecified atom stereocenters. The maximum atomic E-state index is 8.56. The van der Waals surface area contributed by atoms with Gasteiger partial charge in [-0.15, -0.1) is 0 Å². The van der Waals surface area contributed by atoms with E-state index in [4.69, 9.17) is 29.0 Å². The third-order valence-electron chi connectivity index (χ3n) is 6.40. The quantitative estimate of drug-likeness (QED) is 0.510. The number of ether oxygens (including phenoxy) is 2. The Hall–Kier alpha value is -2.48. The highest BCUT2D eigenvalue weighted by molar-refractivity contribution is 5.88. The van der Waals surface area contributed by atoms with E-state index in [0.29, 0.717) is 30.9 Å². The van der Waals surface area contributed by atoms with Crippen molar-refractivity contribution in [2.75, 3.05) is 32.8 Å². The number of carbonyl (C=O) groups is 1. The van der Waals surface area contributed by atoms with Crippen LogP contribution in [0.1, 0.15) is 58.8 Å². The number of nitrogens with zero attached hydrogens (tertiary/aromatic N) is 2. The zero-order valence-electron chi connectivity index (χ0n) is 19.9. The van der Waals surface area contributed by atoms with E-state index in [1.807, 2.05) is 18.2 Å². The summed E-state index contributed by atoms with van der Waals surface area (Å²) in [5.74, 6) is 3.36. The van der Waals surface area contributed by atoms with Crippen molar-refractivity contribution >= 4 is 17.1 Å². The Bertz CT molecular complexity index is 850. The van der Waals surface area contributed by atoms with Gasteiger partial charge in [-0.3, -0.25) is 0 Å². The summed E-state index contributed by atoms with van der Waals surface area (Å²) < 4.78 is 17.6. The van der Waals surface area contributed by atoms with E-state index in [0.717, 1.165) is 22.6 Å². The summed E-state index contributed by atoms with van der Waals surface area (Å²) in [5, 5.41) is 19.0. The molecule has 1 aliphatic carbocycles. The number of fused-ring (bicyclic) bond motifs is 1. The fourth-order valence-corrected chi connectivity index (χ4v) is 4.68. The Morgan fingerprint density at radius 2 is 1.79 bits per heavy atom. The van der Waals surface area contributed by atoms with Crippen LogP contribution in [0.25, 0.3) is 11.0 Å². The first-order chi connectivity index (χ1) is 15.9. The Balaban J connectivity index is 0.000000709. The molecule has 1 aromatic carbocycles. The van der Waals surface area contributed by atoms with Gasteiger partial charge in [-0.05, 0) is 73.8 Å². The Labute approximate surface area is 195 Å². The van der Waals surface area contributed by atoms with Gasteiger partial charge in [0, 0.05) is 6.54 Å². The molecule has 1 saturated carbocycles. The van der Waals surface area contributed by atoms with Crippen molar-refractivity contribution in [3.8, 4) is 11.6 Å². The largest absolute Gasteiger partial charge is 0.503 e. The van der Waals surface area contributed by atoms with Crippen LogP contribution in [0.3, 0.4) is 0 Å². The van der Waals surface area contributed by atoms with E-state index in [2.05, 4.69) is 23.9 Å². The number of aromatic nitrogens is 1. The molecule has 2 aliphatic rings. The monoisotopic (exact) mass is 462 g/mol. The van der Waals surface area contributed by atoms with E-state index in [1.165, 1.54) is 64.6 Å². The fraction of sp³-hybridized carbons (Fsp3) is 0.680. The van der Waals surface area contributed by atoms with Crippen LogP contribution >= 0.6 is 0 Å². The zero-order chi connectivity index (χ0) is 23.6. The Morgan fingerprint density at radius 1 is 1.09 bits per heavy atom. The lowest BCUT2D eigenvalue weighted by Crippen LogP contribution is -2.38. The number of likely N-dealkylation sites (tertiary alicyclic amines) is 1. The van der Waals surface area contributed by atoms with Crippen molar-refractivity contribution in [1.29, 1.82) is 0 Å². The van der Waals surface area contributed by atoms with Crippen molar-refractivity contribution in [2.24, 2.45) is 17.8 Å². The summed E-state index contributed by atoms with van der Waals surface area (Å²) in [6.45, 7) is 9.37. The van der Waals surface area contributed by atoms with Crippen LogP contribution < -0.4 is 9.47 Å². The molecule has 0 atom stereocenters. The summed E-state index contributed by atoms with van der Waals surface area (Å²) in [6, 6.07) is 5.83. The second-order valence-electron chi connectivity index (χ2n) is 9.66. The molecule has 2 heterocycles. The molecule has 0 spiro atoms. The number of piperidine rings is 1. The third kappa shape index (κ3) is 8.11. The average molecular weight is 463 g/mol. The summed E-state index contributed by atoms with van der Waals surface area (Å²) in [5.41, 5.74) is 0.726. The van der Waals surface area contributed by atoms with E-state index in [-0.39, 0.29) is 0 Å².